The number of nitrogens with zero attached hydrogens (tertiary/aromatic N) is 5. The average molecular weight is 407 g/mol. The number of benzene rings is 1. The van der Waals surface area contributed by atoms with E-state index in [2.05, 4.69) is 15.0 Å². The molecule has 1 aliphatic heterocycles. The van der Waals surface area contributed by atoms with Crippen LogP contribution in [0.15, 0.2) is 48.5 Å². The fourth-order valence-corrected chi connectivity index (χ4v) is 3.84. The minimum absolute atomic E-state index is 0.0195. The molecule has 2 aromatic heterocycles. The molecular formula is C23H26FN5O. The van der Waals surface area contributed by atoms with Crippen molar-refractivity contribution in [1.82, 2.24) is 24.6 Å². The maximum absolute atomic E-state index is 13.2. The van der Waals surface area contributed by atoms with Gasteiger partial charge < -0.3 is 4.90 Å². The number of rotatable bonds is 4. The Bertz CT molecular complexity index is 1030. The molecule has 6 nitrogen and oxygen atoms in total. The van der Waals surface area contributed by atoms with Gasteiger partial charge in [0.2, 0.25) is 0 Å². The molecule has 1 fully saturated rings. The summed E-state index contributed by atoms with van der Waals surface area (Å²) < 4.78 is 14.8. The van der Waals surface area contributed by atoms with E-state index in [1.54, 1.807) is 29.9 Å². The van der Waals surface area contributed by atoms with Crippen LogP contribution < -0.4 is 0 Å². The van der Waals surface area contributed by atoms with Crippen molar-refractivity contribution in [3.63, 3.8) is 0 Å². The molecule has 4 rings (SSSR count). The van der Waals surface area contributed by atoms with Gasteiger partial charge in [-0.15, -0.1) is 0 Å². The highest BCUT2D eigenvalue weighted by Crippen LogP contribution is 2.20. The summed E-state index contributed by atoms with van der Waals surface area (Å²) in [6.07, 6.45) is 0.917. The third kappa shape index (κ3) is 4.57. The molecule has 0 N–H and O–H groups in total. The second kappa shape index (κ2) is 8.75. The molecule has 0 saturated carbocycles. The van der Waals surface area contributed by atoms with E-state index in [0.717, 1.165) is 43.0 Å². The highest BCUT2D eigenvalue weighted by Gasteiger charge is 2.23. The number of carbonyl (C=O) groups excluding carboxylic acids is 1. The number of aromatic nitrogens is 3. The van der Waals surface area contributed by atoms with Crippen LogP contribution in [0, 0.1) is 12.7 Å². The van der Waals surface area contributed by atoms with E-state index in [4.69, 9.17) is 0 Å². The first-order chi connectivity index (χ1) is 14.5. The van der Waals surface area contributed by atoms with Crippen LogP contribution in [0.5, 0.6) is 0 Å². The van der Waals surface area contributed by atoms with Crippen molar-refractivity contribution in [3.05, 3.63) is 71.4 Å². The molecule has 1 aliphatic rings. The van der Waals surface area contributed by atoms with Gasteiger partial charge >= 0.3 is 0 Å². The van der Waals surface area contributed by atoms with E-state index in [9.17, 15) is 9.18 Å². The largest absolute Gasteiger partial charge is 0.336 e. The number of amides is 1. The summed E-state index contributed by atoms with van der Waals surface area (Å²) in [5.41, 5.74) is 4.09. The van der Waals surface area contributed by atoms with Crippen LogP contribution in [0.1, 0.15) is 28.3 Å². The first-order valence-electron chi connectivity index (χ1n) is 10.2. The van der Waals surface area contributed by atoms with Gasteiger partial charge in [0.25, 0.3) is 5.91 Å². The summed E-state index contributed by atoms with van der Waals surface area (Å²) in [5.74, 6) is -0.310. The van der Waals surface area contributed by atoms with Crippen molar-refractivity contribution in [2.75, 3.05) is 26.2 Å². The fraction of sp³-hybridized carbons (Fsp3) is 0.348. The molecule has 0 bridgehead atoms. The minimum atomic E-state index is -0.291. The lowest BCUT2D eigenvalue weighted by molar-refractivity contribution is 0.0750. The third-order valence-corrected chi connectivity index (χ3v) is 5.45. The molecule has 1 saturated heterocycles. The lowest BCUT2D eigenvalue weighted by Crippen LogP contribution is -2.36. The van der Waals surface area contributed by atoms with E-state index >= 15 is 0 Å². The fourth-order valence-electron chi connectivity index (χ4n) is 3.84. The normalized spacial score (nSPS) is 15.2. The van der Waals surface area contributed by atoms with Crippen LogP contribution in [0.2, 0.25) is 0 Å². The average Bonchev–Trinajstić information content (AvgIpc) is 2.96. The summed E-state index contributed by atoms with van der Waals surface area (Å²) in [6.45, 7) is 5.93. The standard InChI is InChI=1S/C23H26FN5O/c1-17-5-3-6-20(25-17)16-28-11-4-12-29(14-13-28)23(30)22-15-21(26-27(22)2)18-7-9-19(24)10-8-18/h3,5-10,15H,4,11-14,16H2,1-2H3. The SMILES string of the molecule is Cc1cccc(CN2CCCN(C(=O)c3cc(-c4ccc(F)cc4)nn3C)CC2)n1. The zero-order chi connectivity index (χ0) is 21.1. The van der Waals surface area contributed by atoms with Crippen molar-refractivity contribution in [2.24, 2.45) is 7.05 Å². The quantitative estimate of drug-likeness (QED) is 0.666. The Morgan fingerprint density at radius 3 is 2.63 bits per heavy atom. The highest BCUT2D eigenvalue weighted by molar-refractivity contribution is 5.93. The van der Waals surface area contributed by atoms with Gasteiger partial charge in [-0.25, -0.2) is 4.39 Å². The molecular weight excluding hydrogens is 381 g/mol. The smallest absolute Gasteiger partial charge is 0.272 e. The number of hydrogen-bond donors (Lipinski definition) is 0. The van der Waals surface area contributed by atoms with Gasteiger partial charge in [-0.05, 0) is 55.8 Å². The second-order valence-electron chi connectivity index (χ2n) is 7.74. The summed E-state index contributed by atoms with van der Waals surface area (Å²) in [5, 5.41) is 4.46. The van der Waals surface area contributed by atoms with Crippen LogP contribution in [0.25, 0.3) is 11.3 Å². The molecule has 0 radical (unpaired) electrons. The number of halogens is 1. The number of hydrogen-bond acceptors (Lipinski definition) is 4. The van der Waals surface area contributed by atoms with Gasteiger partial charge in [0.1, 0.15) is 11.5 Å². The monoisotopic (exact) mass is 407 g/mol. The van der Waals surface area contributed by atoms with E-state index in [0.29, 0.717) is 24.5 Å². The van der Waals surface area contributed by atoms with Crippen LogP contribution >= 0.6 is 0 Å². The van der Waals surface area contributed by atoms with Crippen molar-refractivity contribution in [1.29, 1.82) is 0 Å². The number of pyridine rings is 1. The van der Waals surface area contributed by atoms with E-state index in [1.807, 2.05) is 30.0 Å². The zero-order valence-electron chi connectivity index (χ0n) is 17.4. The van der Waals surface area contributed by atoms with E-state index in [-0.39, 0.29) is 11.7 Å². The summed E-state index contributed by atoms with van der Waals surface area (Å²) in [4.78, 5) is 22.0. The lowest BCUT2D eigenvalue weighted by atomic mass is 10.1. The van der Waals surface area contributed by atoms with Gasteiger partial charge in [-0.1, -0.05) is 6.07 Å². The van der Waals surface area contributed by atoms with E-state index < -0.39 is 0 Å². The Labute approximate surface area is 175 Å². The Morgan fingerprint density at radius 1 is 1.07 bits per heavy atom. The van der Waals surface area contributed by atoms with E-state index in [1.165, 1.54) is 12.1 Å². The predicted octanol–water partition coefficient (Wildman–Crippen LogP) is 3.28. The summed E-state index contributed by atoms with van der Waals surface area (Å²) >= 11 is 0. The number of aryl methyl sites for hydroxylation is 2. The third-order valence-electron chi connectivity index (χ3n) is 5.45. The molecule has 3 aromatic rings. The van der Waals surface area contributed by atoms with Crippen molar-refractivity contribution in [2.45, 2.75) is 19.9 Å². The molecule has 0 unspecified atom stereocenters. The van der Waals surface area contributed by atoms with Gasteiger partial charge in [0.05, 0.1) is 11.4 Å². The Balaban J connectivity index is 1.43. The topological polar surface area (TPSA) is 54.3 Å². The van der Waals surface area contributed by atoms with Crippen LogP contribution in [0.4, 0.5) is 4.39 Å². The second-order valence-corrected chi connectivity index (χ2v) is 7.74. The van der Waals surface area contributed by atoms with Gasteiger partial charge in [-0.2, -0.15) is 5.10 Å². The molecule has 30 heavy (non-hydrogen) atoms. The molecule has 156 valence electrons. The van der Waals surface area contributed by atoms with Gasteiger partial charge in [0.15, 0.2) is 0 Å². The first-order valence-corrected chi connectivity index (χ1v) is 10.2. The Morgan fingerprint density at radius 2 is 1.87 bits per heavy atom. The van der Waals surface area contributed by atoms with Crippen molar-refractivity contribution < 1.29 is 9.18 Å². The Kier molecular flexibility index (Phi) is 5.90. The Hall–Kier alpha value is -3.06. The predicted molar refractivity (Wildman–Crippen MR) is 113 cm³/mol. The zero-order valence-corrected chi connectivity index (χ0v) is 17.4. The highest BCUT2D eigenvalue weighted by atomic mass is 19.1. The molecule has 3 heterocycles. The van der Waals surface area contributed by atoms with Crippen LogP contribution in [-0.2, 0) is 13.6 Å². The molecule has 0 atom stereocenters. The maximum Gasteiger partial charge on any atom is 0.272 e. The van der Waals surface area contributed by atoms with Crippen LogP contribution in [0.3, 0.4) is 0 Å². The van der Waals surface area contributed by atoms with Crippen molar-refractivity contribution >= 4 is 5.91 Å². The van der Waals surface area contributed by atoms with Gasteiger partial charge in [-0.3, -0.25) is 19.4 Å². The lowest BCUT2D eigenvalue weighted by Gasteiger charge is -2.22. The molecule has 1 aromatic carbocycles. The molecule has 0 spiro atoms. The summed E-state index contributed by atoms with van der Waals surface area (Å²) in [6, 6.07) is 14.0. The summed E-state index contributed by atoms with van der Waals surface area (Å²) in [7, 11) is 1.77. The first kappa shape index (κ1) is 20.2. The van der Waals surface area contributed by atoms with Crippen molar-refractivity contribution in [3.8, 4) is 11.3 Å². The molecule has 1 amide bonds. The number of carbonyl (C=O) groups is 1. The molecule has 0 aliphatic carbocycles. The van der Waals surface area contributed by atoms with Crippen LogP contribution in [-0.4, -0.2) is 56.7 Å². The molecule has 7 heteroatoms. The minimum Gasteiger partial charge on any atom is -0.336 e. The maximum atomic E-state index is 13.2. The van der Waals surface area contributed by atoms with Gasteiger partial charge in [0, 0.05) is 51.0 Å².